The van der Waals surface area contributed by atoms with Crippen molar-refractivity contribution >= 4 is 15.9 Å². The second-order valence-electron chi connectivity index (χ2n) is 2.06. The van der Waals surface area contributed by atoms with Gasteiger partial charge in [-0.1, -0.05) is 6.58 Å². The molecule has 0 aliphatic heterocycles. The molecule has 5 heteroatoms. The van der Waals surface area contributed by atoms with Gasteiger partial charge >= 0.3 is 0 Å². The van der Waals surface area contributed by atoms with Crippen molar-refractivity contribution in [2.45, 2.75) is 12.8 Å². The lowest BCUT2D eigenvalue weighted by molar-refractivity contribution is -0.114. The fraction of sp³-hybridized carbons (Fsp3) is 0.500. The predicted molar refractivity (Wildman–Crippen MR) is 40.9 cm³/mol. The van der Waals surface area contributed by atoms with Crippen LogP contribution in [-0.4, -0.2) is 24.5 Å². The smallest absolute Gasteiger partial charge is 0.264 e. The molecule has 0 aromatic carbocycles. The Kier molecular flexibility index (Phi) is 3.99. The molecule has 0 atom stereocenters. The lowest BCUT2D eigenvalue weighted by Crippen LogP contribution is -2.05. The van der Waals surface area contributed by atoms with Crippen LogP contribution in [0.15, 0.2) is 12.7 Å². The van der Waals surface area contributed by atoms with Crippen LogP contribution in [-0.2, 0) is 14.9 Å². The zero-order valence-corrected chi connectivity index (χ0v) is 6.80. The van der Waals surface area contributed by atoms with Crippen molar-refractivity contribution in [3.8, 4) is 0 Å². The highest BCUT2D eigenvalue weighted by molar-refractivity contribution is 7.85. The summed E-state index contributed by atoms with van der Waals surface area (Å²) in [6.45, 7) is 3.21. The summed E-state index contributed by atoms with van der Waals surface area (Å²) in [6, 6.07) is 0. The first-order valence-corrected chi connectivity index (χ1v) is 4.67. The minimum absolute atomic E-state index is 0.114. The molecule has 11 heavy (non-hydrogen) atoms. The van der Waals surface area contributed by atoms with E-state index in [1.807, 2.05) is 0 Å². The van der Waals surface area contributed by atoms with Crippen LogP contribution in [0.2, 0.25) is 0 Å². The van der Waals surface area contributed by atoms with Crippen molar-refractivity contribution in [1.29, 1.82) is 0 Å². The molecule has 1 N–H and O–H groups in total. The van der Waals surface area contributed by atoms with E-state index in [1.54, 1.807) is 0 Å². The lowest BCUT2D eigenvalue weighted by atomic mass is 10.2. The maximum absolute atomic E-state index is 10.5. The summed E-state index contributed by atoms with van der Waals surface area (Å²) in [4.78, 5) is 10.5. The maximum Gasteiger partial charge on any atom is 0.264 e. The van der Waals surface area contributed by atoms with Gasteiger partial charge < -0.3 is 0 Å². The number of hydrogen-bond donors (Lipinski definition) is 1. The van der Waals surface area contributed by atoms with Gasteiger partial charge in [0.15, 0.2) is 5.78 Å². The SMILES string of the molecule is C=CC(=O)CCCS(=O)(=O)O. The van der Waals surface area contributed by atoms with Crippen LogP contribution in [0.1, 0.15) is 12.8 Å². The third kappa shape index (κ3) is 7.21. The van der Waals surface area contributed by atoms with E-state index in [0.29, 0.717) is 0 Å². The number of hydrogen-bond acceptors (Lipinski definition) is 3. The Morgan fingerprint density at radius 2 is 2.09 bits per heavy atom. The summed E-state index contributed by atoms with van der Waals surface area (Å²) in [5.74, 6) is -0.583. The Labute approximate surface area is 65.7 Å². The Balaban J connectivity index is 3.59. The minimum Gasteiger partial charge on any atom is -0.295 e. The van der Waals surface area contributed by atoms with Crippen molar-refractivity contribution in [2.24, 2.45) is 0 Å². The van der Waals surface area contributed by atoms with E-state index in [0.717, 1.165) is 6.08 Å². The number of rotatable bonds is 5. The highest BCUT2D eigenvalue weighted by atomic mass is 32.2. The molecule has 0 aliphatic carbocycles. The first kappa shape index (κ1) is 10.3. The van der Waals surface area contributed by atoms with Crippen LogP contribution in [0.5, 0.6) is 0 Å². The Morgan fingerprint density at radius 3 is 2.45 bits per heavy atom. The summed E-state index contributed by atoms with van der Waals surface area (Å²) in [5.41, 5.74) is 0. The minimum atomic E-state index is -3.91. The van der Waals surface area contributed by atoms with Crippen molar-refractivity contribution in [2.75, 3.05) is 5.75 Å². The van der Waals surface area contributed by atoms with E-state index >= 15 is 0 Å². The molecular formula is C6H10O4S. The van der Waals surface area contributed by atoms with Crippen LogP contribution in [0, 0.1) is 0 Å². The van der Waals surface area contributed by atoms with E-state index in [1.165, 1.54) is 0 Å². The molecule has 4 nitrogen and oxygen atoms in total. The number of ketones is 1. The van der Waals surface area contributed by atoms with Gasteiger partial charge in [0.1, 0.15) is 0 Å². The molecule has 64 valence electrons. The summed E-state index contributed by atoms with van der Waals surface area (Å²) in [6.07, 6.45) is 1.39. The van der Waals surface area contributed by atoms with E-state index in [2.05, 4.69) is 6.58 Å². The average Bonchev–Trinajstić information content (AvgIpc) is 1.85. The number of allylic oxidation sites excluding steroid dienone is 1. The van der Waals surface area contributed by atoms with Gasteiger partial charge in [0, 0.05) is 6.42 Å². The second-order valence-corrected chi connectivity index (χ2v) is 3.63. The predicted octanol–water partition coefficient (Wildman–Crippen LogP) is 0.410. The van der Waals surface area contributed by atoms with E-state index in [4.69, 9.17) is 4.55 Å². The molecule has 0 heterocycles. The molecule has 0 fully saturated rings. The first-order chi connectivity index (χ1) is 4.95. The molecule has 0 aromatic heterocycles. The fourth-order valence-electron chi connectivity index (χ4n) is 0.531. The summed E-state index contributed by atoms with van der Waals surface area (Å²) < 4.78 is 28.5. The average molecular weight is 178 g/mol. The molecule has 0 radical (unpaired) electrons. The Morgan fingerprint density at radius 1 is 1.55 bits per heavy atom. The molecule has 0 saturated carbocycles. The van der Waals surface area contributed by atoms with E-state index in [-0.39, 0.29) is 24.4 Å². The van der Waals surface area contributed by atoms with Gasteiger partial charge in [-0.05, 0) is 12.5 Å². The molecule has 0 unspecified atom stereocenters. The highest BCUT2D eigenvalue weighted by Crippen LogP contribution is 1.95. The summed E-state index contributed by atoms with van der Waals surface area (Å²) >= 11 is 0. The fourth-order valence-corrected chi connectivity index (χ4v) is 1.04. The summed E-state index contributed by atoms with van der Waals surface area (Å²) in [7, 11) is -3.91. The van der Waals surface area contributed by atoms with Crippen LogP contribution >= 0.6 is 0 Å². The first-order valence-electron chi connectivity index (χ1n) is 3.06. The maximum atomic E-state index is 10.5. The van der Waals surface area contributed by atoms with Gasteiger partial charge in [-0.2, -0.15) is 8.42 Å². The van der Waals surface area contributed by atoms with Gasteiger partial charge in [0.05, 0.1) is 5.75 Å². The van der Waals surface area contributed by atoms with Gasteiger partial charge in [-0.15, -0.1) is 0 Å². The van der Waals surface area contributed by atoms with Crippen molar-refractivity contribution in [3.05, 3.63) is 12.7 Å². The quantitative estimate of drug-likeness (QED) is 0.489. The van der Waals surface area contributed by atoms with Crippen molar-refractivity contribution in [3.63, 3.8) is 0 Å². The highest BCUT2D eigenvalue weighted by Gasteiger charge is 2.04. The standard InChI is InChI=1S/C6H10O4S/c1-2-6(7)4-3-5-11(8,9)10/h2H,1,3-5H2,(H,8,9,10). The zero-order chi connectivity index (χ0) is 8.91. The molecule has 0 spiro atoms. The van der Waals surface area contributed by atoms with Crippen LogP contribution in [0.25, 0.3) is 0 Å². The molecular weight excluding hydrogens is 168 g/mol. The molecule has 0 rings (SSSR count). The van der Waals surface area contributed by atoms with Gasteiger partial charge in [0.25, 0.3) is 10.1 Å². The normalized spacial score (nSPS) is 11.0. The Bertz CT molecular complexity index is 239. The van der Waals surface area contributed by atoms with Crippen molar-refractivity contribution in [1.82, 2.24) is 0 Å². The lowest BCUT2D eigenvalue weighted by Gasteiger charge is -1.93. The zero-order valence-electron chi connectivity index (χ0n) is 5.99. The number of carbonyl (C=O) groups excluding carboxylic acids is 1. The van der Waals surface area contributed by atoms with Crippen LogP contribution < -0.4 is 0 Å². The molecule has 0 saturated heterocycles. The van der Waals surface area contributed by atoms with Gasteiger partial charge in [-0.3, -0.25) is 9.35 Å². The largest absolute Gasteiger partial charge is 0.295 e. The molecule has 0 amide bonds. The topological polar surface area (TPSA) is 71.4 Å². The van der Waals surface area contributed by atoms with Crippen LogP contribution in [0.4, 0.5) is 0 Å². The third-order valence-corrected chi connectivity index (χ3v) is 1.86. The van der Waals surface area contributed by atoms with Gasteiger partial charge in [-0.25, -0.2) is 0 Å². The monoisotopic (exact) mass is 178 g/mol. The summed E-state index contributed by atoms with van der Waals surface area (Å²) in [5, 5.41) is 0. The Hall–Kier alpha value is -0.680. The number of carbonyl (C=O) groups is 1. The third-order valence-electron chi connectivity index (χ3n) is 1.05. The van der Waals surface area contributed by atoms with Gasteiger partial charge in [0.2, 0.25) is 0 Å². The van der Waals surface area contributed by atoms with Crippen LogP contribution in [0.3, 0.4) is 0 Å². The molecule has 0 aliphatic rings. The molecule has 0 aromatic rings. The van der Waals surface area contributed by atoms with Crippen molar-refractivity contribution < 1.29 is 17.8 Å². The second kappa shape index (κ2) is 4.25. The van der Waals surface area contributed by atoms with E-state index in [9.17, 15) is 13.2 Å². The van der Waals surface area contributed by atoms with E-state index < -0.39 is 10.1 Å². The molecule has 0 bridgehead atoms.